The molecule has 7 nitrogen and oxygen atoms in total. The summed E-state index contributed by atoms with van der Waals surface area (Å²) in [6, 6.07) is 11.6. The summed E-state index contributed by atoms with van der Waals surface area (Å²) in [7, 11) is -3.76. The smallest absolute Gasteiger partial charge is 0.339 e. The molecule has 2 heterocycles. The van der Waals surface area contributed by atoms with E-state index in [1.165, 1.54) is 21.3 Å². The highest BCUT2D eigenvalue weighted by molar-refractivity contribution is 7.89. The van der Waals surface area contributed by atoms with Crippen LogP contribution in [-0.4, -0.2) is 61.8 Å². The van der Waals surface area contributed by atoms with E-state index in [1.807, 2.05) is 0 Å². The van der Waals surface area contributed by atoms with Crippen LogP contribution in [-0.2, 0) is 26.0 Å². The van der Waals surface area contributed by atoms with Gasteiger partial charge in [-0.1, -0.05) is 18.2 Å². The van der Waals surface area contributed by atoms with E-state index >= 15 is 0 Å². The molecule has 0 spiro atoms. The topological polar surface area (TPSA) is 84.0 Å². The summed E-state index contributed by atoms with van der Waals surface area (Å²) in [6.45, 7) is 0.606. The molecule has 0 N–H and O–H groups in total. The second-order valence-corrected chi connectivity index (χ2v) is 8.88. The van der Waals surface area contributed by atoms with Gasteiger partial charge in [0.1, 0.15) is 5.82 Å². The van der Waals surface area contributed by atoms with Crippen LogP contribution in [0.15, 0.2) is 53.4 Å². The van der Waals surface area contributed by atoms with E-state index in [0.717, 1.165) is 17.7 Å². The molecule has 1 atom stereocenters. The monoisotopic (exact) mass is 418 g/mol. The summed E-state index contributed by atoms with van der Waals surface area (Å²) >= 11 is 0. The maximum absolute atomic E-state index is 13.1. The highest BCUT2D eigenvalue weighted by Crippen LogP contribution is 2.23. The lowest BCUT2D eigenvalue weighted by Gasteiger charge is -2.36. The second-order valence-electron chi connectivity index (χ2n) is 6.94. The first-order chi connectivity index (χ1) is 13.9. The maximum Gasteiger partial charge on any atom is 0.339 e. The zero-order valence-electron chi connectivity index (χ0n) is 15.5. The second kappa shape index (κ2) is 7.57. The fourth-order valence-corrected chi connectivity index (χ4v) is 5.00. The number of carbonyl (C=O) groups is 2. The lowest BCUT2D eigenvalue weighted by molar-refractivity contribution is -0.142. The number of carbonyl (C=O) groups excluding carboxylic acids is 2. The molecule has 0 aromatic heterocycles. The molecule has 2 aromatic rings. The standard InChI is InChI=1S/C20H19FN2O5S/c21-15-5-7-16(8-6-15)29(26,27)23-11-9-22(10-12-23)19(24)18-13-14-3-1-2-4-17(14)20(25)28-18/h1-8,18H,9-13H2. The summed E-state index contributed by atoms with van der Waals surface area (Å²) in [5.41, 5.74) is 1.23. The fourth-order valence-electron chi connectivity index (χ4n) is 3.58. The van der Waals surface area contributed by atoms with Crippen LogP contribution >= 0.6 is 0 Å². The third-order valence-electron chi connectivity index (χ3n) is 5.17. The number of piperazine rings is 1. The van der Waals surface area contributed by atoms with Gasteiger partial charge in [0.05, 0.1) is 10.5 Å². The summed E-state index contributed by atoms with van der Waals surface area (Å²) in [6.07, 6.45) is -0.605. The van der Waals surface area contributed by atoms with Gasteiger partial charge in [-0.3, -0.25) is 4.79 Å². The molecule has 0 aliphatic carbocycles. The van der Waals surface area contributed by atoms with Crippen LogP contribution in [0.4, 0.5) is 4.39 Å². The number of halogens is 1. The molecule has 4 rings (SSSR count). The minimum absolute atomic E-state index is 0.0106. The van der Waals surface area contributed by atoms with Crippen LogP contribution in [0.5, 0.6) is 0 Å². The summed E-state index contributed by atoms with van der Waals surface area (Å²) in [5.74, 6) is -1.36. The van der Waals surface area contributed by atoms with Crippen molar-refractivity contribution in [3.63, 3.8) is 0 Å². The predicted octanol–water partition coefficient (Wildman–Crippen LogP) is 1.44. The molecular weight excluding hydrogens is 399 g/mol. The van der Waals surface area contributed by atoms with Gasteiger partial charge in [0, 0.05) is 32.6 Å². The predicted molar refractivity (Wildman–Crippen MR) is 101 cm³/mol. The number of rotatable bonds is 3. The third kappa shape index (κ3) is 3.75. The molecule has 1 fully saturated rings. The molecule has 2 aliphatic rings. The van der Waals surface area contributed by atoms with Gasteiger partial charge in [0.15, 0.2) is 6.10 Å². The molecule has 0 saturated carbocycles. The lowest BCUT2D eigenvalue weighted by atomic mass is 9.98. The Hall–Kier alpha value is -2.78. The van der Waals surface area contributed by atoms with Gasteiger partial charge in [0.25, 0.3) is 5.91 Å². The largest absolute Gasteiger partial charge is 0.448 e. The number of ether oxygens (including phenoxy) is 1. The van der Waals surface area contributed by atoms with E-state index in [4.69, 9.17) is 4.74 Å². The van der Waals surface area contributed by atoms with Gasteiger partial charge < -0.3 is 9.64 Å². The Labute approximate surface area is 167 Å². The molecule has 0 bridgehead atoms. The molecule has 9 heteroatoms. The number of hydrogen-bond donors (Lipinski definition) is 0. The minimum Gasteiger partial charge on any atom is -0.448 e. The van der Waals surface area contributed by atoms with E-state index in [-0.39, 0.29) is 37.0 Å². The summed E-state index contributed by atoms with van der Waals surface area (Å²) in [5, 5.41) is 0. The zero-order valence-corrected chi connectivity index (χ0v) is 16.3. The van der Waals surface area contributed by atoms with Crippen LogP contribution in [0, 0.1) is 5.82 Å². The average Bonchev–Trinajstić information content (AvgIpc) is 2.73. The molecular formula is C20H19FN2O5S. The lowest BCUT2D eigenvalue weighted by Crippen LogP contribution is -2.54. The first-order valence-corrected chi connectivity index (χ1v) is 10.6. The van der Waals surface area contributed by atoms with Crippen LogP contribution in [0.1, 0.15) is 15.9 Å². The van der Waals surface area contributed by atoms with Crippen molar-refractivity contribution in [3.8, 4) is 0 Å². The van der Waals surface area contributed by atoms with Crippen LogP contribution < -0.4 is 0 Å². The van der Waals surface area contributed by atoms with Gasteiger partial charge in [0.2, 0.25) is 10.0 Å². The highest BCUT2D eigenvalue weighted by atomic mass is 32.2. The van der Waals surface area contributed by atoms with E-state index in [1.54, 1.807) is 24.3 Å². The van der Waals surface area contributed by atoms with Crippen molar-refractivity contribution in [1.82, 2.24) is 9.21 Å². The molecule has 2 aliphatic heterocycles. The normalized spacial score (nSPS) is 20.1. The zero-order chi connectivity index (χ0) is 20.6. The number of sulfonamides is 1. The van der Waals surface area contributed by atoms with Gasteiger partial charge in [-0.15, -0.1) is 0 Å². The highest BCUT2D eigenvalue weighted by Gasteiger charge is 2.36. The molecule has 1 amide bonds. The quantitative estimate of drug-likeness (QED) is 0.705. The van der Waals surface area contributed by atoms with Crippen molar-refractivity contribution in [2.24, 2.45) is 0 Å². The van der Waals surface area contributed by atoms with Gasteiger partial charge >= 0.3 is 5.97 Å². The van der Waals surface area contributed by atoms with Crippen molar-refractivity contribution in [3.05, 3.63) is 65.5 Å². The van der Waals surface area contributed by atoms with Gasteiger partial charge in [-0.25, -0.2) is 17.6 Å². The minimum atomic E-state index is -3.76. The Balaban J connectivity index is 1.41. The van der Waals surface area contributed by atoms with Gasteiger partial charge in [-0.05, 0) is 35.9 Å². The summed E-state index contributed by atoms with van der Waals surface area (Å²) in [4.78, 5) is 26.5. The number of cyclic esters (lactones) is 1. The molecule has 152 valence electrons. The van der Waals surface area contributed by atoms with E-state index < -0.39 is 27.9 Å². The number of hydrogen-bond acceptors (Lipinski definition) is 5. The molecule has 1 unspecified atom stereocenters. The SMILES string of the molecule is O=C1OC(C(=O)N2CCN(S(=O)(=O)c3ccc(F)cc3)CC2)Cc2ccccc21. The average molecular weight is 418 g/mol. The Morgan fingerprint density at radius 1 is 1.00 bits per heavy atom. The molecule has 2 aromatic carbocycles. The summed E-state index contributed by atoms with van der Waals surface area (Å²) < 4.78 is 45.0. The Morgan fingerprint density at radius 3 is 2.34 bits per heavy atom. The molecule has 1 saturated heterocycles. The molecule has 0 radical (unpaired) electrons. The number of benzene rings is 2. The Bertz CT molecular complexity index is 1050. The van der Waals surface area contributed by atoms with Crippen molar-refractivity contribution < 1.29 is 27.1 Å². The first-order valence-electron chi connectivity index (χ1n) is 9.19. The van der Waals surface area contributed by atoms with Crippen molar-refractivity contribution >= 4 is 21.9 Å². The fraction of sp³-hybridized carbons (Fsp3) is 0.300. The van der Waals surface area contributed by atoms with E-state index in [0.29, 0.717) is 12.0 Å². The van der Waals surface area contributed by atoms with E-state index in [2.05, 4.69) is 0 Å². The van der Waals surface area contributed by atoms with Gasteiger partial charge in [-0.2, -0.15) is 4.31 Å². The van der Waals surface area contributed by atoms with Crippen molar-refractivity contribution in [2.45, 2.75) is 17.4 Å². The Kier molecular flexibility index (Phi) is 5.10. The number of nitrogens with zero attached hydrogens (tertiary/aromatic N) is 2. The first kappa shape index (κ1) is 19.5. The number of amides is 1. The number of esters is 1. The van der Waals surface area contributed by atoms with Crippen LogP contribution in [0.2, 0.25) is 0 Å². The van der Waals surface area contributed by atoms with Crippen LogP contribution in [0.3, 0.4) is 0 Å². The van der Waals surface area contributed by atoms with E-state index in [9.17, 15) is 22.4 Å². The third-order valence-corrected chi connectivity index (χ3v) is 7.08. The van der Waals surface area contributed by atoms with Crippen LogP contribution in [0.25, 0.3) is 0 Å². The van der Waals surface area contributed by atoms with Crippen molar-refractivity contribution in [1.29, 1.82) is 0 Å². The Morgan fingerprint density at radius 2 is 1.66 bits per heavy atom. The number of fused-ring (bicyclic) bond motifs is 1. The van der Waals surface area contributed by atoms with Crippen molar-refractivity contribution in [2.75, 3.05) is 26.2 Å². The maximum atomic E-state index is 13.1. The molecule has 29 heavy (non-hydrogen) atoms.